The Bertz CT molecular complexity index is 358. The van der Waals surface area contributed by atoms with E-state index in [1.807, 2.05) is 0 Å². The first-order valence-corrected chi connectivity index (χ1v) is 7.11. The Morgan fingerprint density at radius 2 is 1.89 bits per heavy atom. The standard InChI is InChI=1S/C14H21BrFNO/c1-17(2)9-5-3-4-6-10-18-12-7-8-13(15)14(16)11-12/h7-8,11H,3-6,9-10H2,1-2H3. The van der Waals surface area contributed by atoms with E-state index in [0.717, 1.165) is 19.4 Å². The van der Waals surface area contributed by atoms with Crippen LogP contribution in [0.4, 0.5) is 4.39 Å². The molecule has 1 rings (SSSR count). The lowest BCUT2D eigenvalue weighted by Gasteiger charge is -2.09. The predicted molar refractivity (Wildman–Crippen MR) is 76.6 cm³/mol. The fraction of sp³-hybridized carbons (Fsp3) is 0.571. The lowest BCUT2D eigenvalue weighted by Crippen LogP contribution is -2.12. The number of ether oxygens (including phenoxy) is 1. The summed E-state index contributed by atoms with van der Waals surface area (Å²) in [7, 11) is 4.18. The second-order valence-corrected chi connectivity index (χ2v) is 5.50. The Hall–Kier alpha value is -0.610. The maximum Gasteiger partial charge on any atom is 0.141 e. The molecule has 0 fully saturated rings. The van der Waals surface area contributed by atoms with Crippen LogP contribution in [0.3, 0.4) is 0 Å². The van der Waals surface area contributed by atoms with Gasteiger partial charge < -0.3 is 9.64 Å². The number of halogens is 2. The highest BCUT2D eigenvalue weighted by atomic mass is 79.9. The smallest absolute Gasteiger partial charge is 0.141 e. The molecule has 1 aromatic rings. The summed E-state index contributed by atoms with van der Waals surface area (Å²) in [5.41, 5.74) is 0. The van der Waals surface area contributed by atoms with Crippen molar-refractivity contribution in [3.8, 4) is 5.75 Å². The third-order valence-electron chi connectivity index (χ3n) is 2.66. The fourth-order valence-electron chi connectivity index (χ4n) is 1.64. The van der Waals surface area contributed by atoms with Crippen LogP contribution >= 0.6 is 15.9 Å². The zero-order valence-corrected chi connectivity index (χ0v) is 12.7. The van der Waals surface area contributed by atoms with Crippen molar-refractivity contribution in [3.05, 3.63) is 28.5 Å². The van der Waals surface area contributed by atoms with Crippen molar-refractivity contribution in [1.29, 1.82) is 0 Å². The van der Waals surface area contributed by atoms with Crippen LogP contribution in [-0.4, -0.2) is 32.1 Å². The minimum Gasteiger partial charge on any atom is -0.493 e. The van der Waals surface area contributed by atoms with Crippen molar-refractivity contribution in [2.45, 2.75) is 25.7 Å². The first-order valence-electron chi connectivity index (χ1n) is 6.32. The van der Waals surface area contributed by atoms with Crippen LogP contribution in [0.5, 0.6) is 5.75 Å². The van der Waals surface area contributed by atoms with Gasteiger partial charge in [0.2, 0.25) is 0 Å². The predicted octanol–water partition coefficient (Wildman–Crippen LogP) is 4.09. The molecule has 0 aromatic heterocycles. The summed E-state index contributed by atoms with van der Waals surface area (Å²) in [6, 6.07) is 4.86. The summed E-state index contributed by atoms with van der Waals surface area (Å²) in [6.45, 7) is 1.79. The molecular formula is C14H21BrFNO. The number of nitrogens with zero attached hydrogens (tertiary/aromatic N) is 1. The average Bonchev–Trinajstić information content (AvgIpc) is 2.32. The van der Waals surface area contributed by atoms with E-state index in [4.69, 9.17) is 4.74 Å². The van der Waals surface area contributed by atoms with Crippen molar-refractivity contribution in [1.82, 2.24) is 4.90 Å². The summed E-state index contributed by atoms with van der Waals surface area (Å²) in [6.07, 6.45) is 4.62. The number of hydrogen-bond acceptors (Lipinski definition) is 2. The molecule has 0 radical (unpaired) electrons. The van der Waals surface area contributed by atoms with E-state index < -0.39 is 0 Å². The van der Waals surface area contributed by atoms with Crippen LogP contribution in [0, 0.1) is 5.82 Å². The third-order valence-corrected chi connectivity index (χ3v) is 3.30. The van der Waals surface area contributed by atoms with Crippen molar-refractivity contribution in [2.24, 2.45) is 0 Å². The highest BCUT2D eigenvalue weighted by Gasteiger charge is 2.01. The molecule has 0 amide bonds. The van der Waals surface area contributed by atoms with Gasteiger partial charge in [0.1, 0.15) is 11.6 Å². The monoisotopic (exact) mass is 317 g/mol. The summed E-state index contributed by atoms with van der Waals surface area (Å²) in [4.78, 5) is 2.20. The van der Waals surface area contributed by atoms with Crippen molar-refractivity contribution in [3.63, 3.8) is 0 Å². The molecule has 0 spiro atoms. The number of hydrogen-bond donors (Lipinski definition) is 0. The van der Waals surface area contributed by atoms with Gasteiger partial charge in [-0.1, -0.05) is 12.8 Å². The first kappa shape index (κ1) is 15.4. The van der Waals surface area contributed by atoms with Crippen molar-refractivity contribution >= 4 is 15.9 Å². The van der Waals surface area contributed by atoms with Gasteiger partial charge in [-0.05, 0) is 61.5 Å². The van der Waals surface area contributed by atoms with E-state index >= 15 is 0 Å². The maximum absolute atomic E-state index is 13.2. The largest absolute Gasteiger partial charge is 0.493 e. The van der Waals surface area contributed by atoms with Gasteiger partial charge in [0.05, 0.1) is 11.1 Å². The summed E-state index contributed by atoms with van der Waals surface area (Å²) < 4.78 is 19.2. The lowest BCUT2D eigenvalue weighted by molar-refractivity contribution is 0.300. The molecule has 0 aliphatic carbocycles. The molecule has 0 N–H and O–H groups in total. The zero-order chi connectivity index (χ0) is 13.4. The Morgan fingerprint density at radius 1 is 1.17 bits per heavy atom. The van der Waals surface area contributed by atoms with Gasteiger partial charge in [-0.15, -0.1) is 0 Å². The Labute approximate surface area is 117 Å². The molecule has 0 saturated carbocycles. The van der Waals surface area contributed by atoms with E-state index in [-0.39, 0.29) is 5.82 Å². The van der Waals surface area contributed by atoms with E-state index in [1.165, 1.54) is 18.9 Å². The van der Waals surface area contributed by atoms with Gasteiger partial charge in [-0.3, -0.25) is 0 Å². The van der Waals surface area contributed by atoms with E-state index in [9.17, 15) is 4.39 Å². The molecule has 0 saturated heterocycles. The molecular weight excluding hydrogens is 297 g/mol. The van der Waals surface area contributed by atoms with Gasteiger partial charge in [0.15, 0.2) is 0 Å². The van der Waals surface area contributed by atoms with Gasteiger partial charge in [0.25, 0.3) is 0 Å². The number of unbranched alkanes of at least 4 members (excludes halogenated alkanes) is 3. The van der Waals surface area contributed by atoms with Gasteiger partial charge in [-0.25, -0.2) is 4.39 Å². The summed E-state index contributed by atoms with van der Waals surface area (Å²) >= 11 is 3.12. The molecule has 0 aliphatic rings. The van der Waals surface area contributed by atoms with E-state index in [0.29, 0.717) is 16.8 Å². The van der Waals surface area contributed by atoms with E-state index in [1.54, 1.807) is 12.1 Å². The minimum absolute atomic E-state index is 0.279. The van der Waals surface area contributed by atoms with Crippen LogP contribution in [0.2, 0.25) is 0 Å². The van der Waals surface area contributed by atoms with Crippen molar-refractivity contribution in [2.75, 3.05) is 27.2 Å². The van der Waals surface area contributed by atoms with Gasteiger partial charge in [0, 0.05) is 6.07 Å². The molecule has 18 heavy (non-hydrogen) atoms. The molecule has 1 aromatic carbocycles. The Balaban J connectivity index is 2.09. The summed E-state index contributed by atoms with van der Waals surface area (Å²) in [5, 5.41) is 0. The SMILES string of the molecule is CN(C)CCCCCCOc1ccc(Br)c(F)c1. The topological polar surface area (TPSA) is 12.5 Å². The molecule has 2 nitrogen and oxygen atoms in total. The molecule has 4 heteroatoms. The Morgan fingerprint density at radius 3 is 2.56 bits per heavy atom. The quantitative estimate of drug-likeness (QED) is 0.670. The first-order chi connectivity index (χ1) is 8.59. The highest BCUT2D eigenvalue weighted by Crippen LogP contribution is 2.21. The van der Waals surface area contributed by atoms with Gasteiger partial charge >= 0.3 is 0 Å². The van der Waals surface area contributed by atoms with Crippen molar-refractivity contribution < 1.29 is 9.13 Å². The zero-order valence-electron chi connectivity index (χ0n) is 11.1. The fourth-order valence-corrected chi connectivity index (χ4v) is 1.89. The van der Waals surface area contributed by atoms with E-state index in [2.05, 4.69) is 34.9 Å². The molecule has 102 valence electrons. The van der Waals surface area contributed by atoms with Gasteiger partial charge in [-0.2, -0.15) is 0 Å². The molecule has 0 heterocycles. The number of benzene rings is 1. The normalized spacial score (nSPS) is 10.9. The second kappa shape index (κ2) is 8.48. The maximum atomic E-state index is 13.2. The molecule has 0 unspecified atom stereocenters. The molecule has 0 bridgehead atoms. The summed E-state index contributed by atoms with van der Waals surface area (Å²) in [5.74, 6) is 0.322. The van der Waals surface area contributed by atoms with Crippen LogP contribution in [0.1, 0.15) is 25.7 Å². The number of rotatable bonds is 8. The highest BCUT2D eigenvalue weighted by molar-refractivity contribution is 9.10. The van der Waals surface area contributed by atoms with Crippen LogP contribution < -0.4 is 4.74 Å². The average molecular weight is 318 g/mol. The second-order valence-electron chi connectivity index (χ2n) is 4.64. The van der Waals surface area contributed by atoms with Crippen LogP contribution in [-0.2, 0) is 0 Å². The van der Waals surface area contributed by atoms with Crippen LogP contribution in [0.25, 0.3) is 0 Å². The minimum atomic E-state index is -0.279. The third kappa shape index (κ3) is 6.36. The molecule has 0 atom stereocenters. The van der Waals surface area contributed by atoms with Crippen LogP contribution in [0.15, 0.2) is 22.7 Å². The Kier molecular flexibility index (Phi) is 7.28. The lowest BCUT2D eigenvalue weighted by atomic mass is 10.2. The molecule has 0 aliphatic heterocycles.